The van der Waals surface area contributed by atoms with E-state index in [2.05, 4.69) is 16.0 Å². The number of primary amides is 2. The molecule has 15 nitrogen and oxygen atoms in total. The minimum absolute atomic E-state index is 0.0820. The topological polar surface area (TPSA) is 274 Å². The number of carbonyl (C=O) groups is 7. The highest BCUT2D eigenvalue weighted by Gasteiger charge is 2.30. The normalized spacial score (nSPS) is 13.9. The lowest BCUT2D eigenvalue weighted by Crippen LogP contribution is -2.57. The first-order valence-corrected chi connectivity index (χ1v) is 12.3. The Balaban J connectivity index is 5.52. The van der Waals surface area contributed by atoms with Crippen LogP contribution in [0.25, 0.3) is 0 Å². The van der Waals surface area contributed by atoms with Crippen LogP contribution in [0.3, 0.4) is 0 Å². The lowest BCUT2D eigenvalue weighted by Gasteiger charge is -2.25. The molecule has 0 radical (unpaired) electrons. The van der Waals surface area contributed by atoms with E-state index in [0.29, 0.717) is 5.75 Å². The minimum Gasteiger partial charge on any atom is -0.481 e. The van der Waals surface area contributed by atoms with Crippen molar-refractivity contribution in [2.24, 2.45) is 17.2 Å². The van der Waals surface area contributed by atoms with Crippen molar-refractivity contribution >= 4 is 53.2 Å². The smallest absolute Gasteiger partial charge is 0.326 e. The maximum atomic E-state index is 12.9. The van der Waals surface area contributed by atoms with Crippen LogP contribution in [0.2, 0.25) is 0 Å². The van der Waals surface area contributed by atoms with Gasteiger partial charge in [0.25, 0.3) is 0 Å². The van der Waals surface area contributed by atoms with Gasteiger partial charge >= 0.3 is 11.9 Å². The van der Waals surface area contributed by atoms with Crippen LogP contribution in [0, 0.1) is 0 Å². The number of hydrogen-bond acceptors (Lipinski definition) is 9. The molecule has 0 fully saturated rings. The third-order valence-electron chi connectivity index (χ3n) is 4.86. The Morgan fingerprint density at radius 2 is 1.14 bits per heavy atom. The summed E-state index contributed by atoms with van der Waals surface area (Å²) in [6.45, 7) is 0. The molecule has 0 aliphatic carbocycles. The molecule has 0 saturated carbocycles. The highest BCUT2D eigenvalue weighted by Crippen LogP contribution is 2.07. The Morgan fingerprint density at radius 3 is 1.61 bits per heavy atom. The zero-order valence-electron chi connectivity index (χ0n) is 19.9. The number of rotatable bonds is 19. The first-order valence-electron chi connectivity index (χ1n) is 10.9. The molecular formula is C20H34N6O9S. The number of carboxylic acids is 2. The van der Waals surface area contributed by atoms with Gasteiger partial charge in [0.1, 0.15) is 18.1 Å². The van der Waals surface area contributed by atoms with Crippen LogP contribution in [0.15, 0.2) is 0 Å². The van der Waals surface area contributed by atoms with Gasteiger partial charge in [0.15, 0.2) is 0 Å². The van der Waals surface area contributed by atoms with Crippen LogP contribution in [-0.2, 0) is 33.6 Å². The lowest BCUT2D eigenvalue weighted by atomic mass is 10.1. The molecule has 0 aromatic heterocycles. The van der Waals surface area contributed by atoms with Crippen LogP contribution in [0.4, 0.5) is 0 Å². The van der Waals surface area contributed by atoms with Gasteiger partial charge < -0.3 is 43.4 Å². The number of amides is 5. The molecule has 16 heteroatoms. The fourth-order valence-electron chi connectivity index (χ4n) is 2.84. The number of carboxylic acid groups (broad SMARTS) is 2. The number of hydrogen-bond donors (Lipinski definition) is 8. The molecule has 0 aliphatic rings. The van der Waals surface area contributed by atoms with Crippen molar-refractivity contribution in [1.29, 1.82) is 0 Å². The molecule has 204 valence electrons. The molecule has 11 N–H and O–H groups in total. The van der Waals surface area contributed by atoms with Crippen LogP contribution in [0.1, 0.15) is 44.9 Å². The van der Waals surface area contributed by atoms with E-state index < -0.39 is 72.1 Å². The van der Waals surface area contributed by atoms with Gasteiger partial charge in [-0.2, -0.15) is 11.8 Å². The summed E-state index contributed by atoms with van der Waals surface area (Å²) in [5.74, 6) is -6.27. The molecule has 0 aromatic carbocycles. The molecule has 4 atom stereocenters. The molecule has 0 aromatic rings. The lowest BCUT2D eigenvalue weighted by molar-refractivity contribution is -0.142. The molecule has 4 unspecified atom stereocenters. The highest BCUT2D eigenvalue weighted by atomic mass is 32.2. The second-order valence-corrected chi connectivity index (χ2v) is 8.84. The first kappa shape index (κ1) is 32.6. The monoisotopic (exact) mass is 534 g/mol. The van der Waals surface area contributed by atoms with E-state index in [4.69, 9.17) is 22.3 Å². The quantitative estimate of drug-likeness (QED) is 0.0826. The maximum absolute atomic E-state index is 12.9. The molecule has 5 amide bonds. The van der Waals surface area contributed by atoms with Crippen molar-refractivity contribution < 1.29 is 43.8 Å². The SMILES string of the molecule is CSCCC(NC(=O)C(CCC(=O)O)NC(=O)C(N)CCC(N)=O)C(=O)NC(CCC(N)=O)C(=O)O. The third kappa shape index (κ3) is 14.1. The van der Waals surface area contributed by atoms with Crippen molar-refractivity contribution in [2.45, 2.75) is 69.1 Å². The highest BCUT2D eigenvalue weighted by molar-refractivity contribution is 7.98. The third-order valence-corrected chi connectivity index (χ3v) is 5.50. The Bertz CT molecular complexity index is 825. The van der Waals surface area contributed by atoms with E-state index in [9.17, 15) is 38.7 Å². The van der Waals surface area contributed by atoms with Crippen molar-refractivity contribution in [1.82, 2.24) is 16.0 Å². The van der Waals surface area contributed by atoms with E-state index >= 15 is 0 Å². The van der Waals surface area contributed by atoms with E-state index in [1.807, 2.05) is 0 Å². The molecular weight excluding hydrogens is 500 g/mol. The molecule has 0 heterocycles. The van der Waals surface area contributed by atoms with Crippen molar-refractivity contribution in [3.05, 3.63) is 0 Å². The summed E-state index contributed by atoms with van der Waals surface area (Å²) >= 11 is 1.35. The standard InChI is InChI=1S/C20H34N6O9S/c1-36-9-8-12(19(33)26-13(20(34)35)3-6-15(23)28)25-18(32)11(4-7-16(29)30)24-17(31)10(21)2-5-14(22)27/h10-13H,2-9,21H2,1H3,(H2,22,27)(H2,23,28)(H,24,31)(H,25,32)(H,26,33)(H,29,30)(H,34,35). The fraction of sp³-hybridized carbons (Fsp3) is 0.650. The van der Waals surface area contributed by atoms with Crippen LogP contribution in [0.5, 0.6) is 0 Å². The Morgan fingerprint density at radius 1 is 0.694 bits per heavy atom. The predicted octanol–water partition coefficient (Wildman–Crippen LogP) is -3.00. The van der Waals surface area contributed by atoms with Gasteiger partial charge in [-0.25, -0.2) is 4.79 Å². The van der Waals surface area contributed by atoms with E-state index in [-0.39, 0.29) is 38.5 Å². The summed E-state index contributed by atoms with van der Waals surface area (Å²) in [5.41, 5.74) is 15.7. The number of aliphatic carboxylic acids is 2. The zero-order valence-corrected chi connectivity index (χ0v) is 20.7. The van der Waals surface area contributed by atoms with Gasteiger partial charge in [0, 0.05) is 19.3 Å². The van der Waals surface area contributed by atoms with Gasteiger partial charge in [-0.3, -0.25) is 28.8 Å². The maximum Gasteiger partial charge on any atom is 0.326 e. The van der Waals surface area contributed by atoms with E-state index in [0.717, 1.165) is 0 Å². The summed E-state index contributed by atoms with van der Waals surface area (Å²) in [4.78, 5) is 82.3. The summed E-state index contributed by atoms with van der Waals surface area (Å²) in [7, 11) is 0. The van der Waals surface area contributed by atoms with Gasteiger partial charge in [-0.1, -0.05) is 0 Å². The molecule has 0 bridgehead atoms. The largest absolute Gasteiger partial charge is 0.481 e. The molecule has 0 saturated heterocycles. The average Bonchev–Trinajstić information content (AvgIpc) is 2.79. The molecule has 0 rings (SSSR count). The van der Waals surface area contributed by atoms with Crippen LogP contribution >= 0.6 is 11.8 Å². The number of carbonyl (C=O) groups excluding carboxylic acids is 5. The zero-order chi connectivity index (χ0) is 27.8. The summed E-state index contributed by atoms with van der Waals surface area (Å²) < 4.78 is 0. The average molecular weight is 535 g/mol. The second-order valence-electron chi connectivity index (χ2n) is 7.85. The number of nitrogens with one attached hydrogen (secondary N) is 3. The minimum atomic E-state index is -1.44. The fourth-order valence-corrected chi connectivity index (χ4v) is 3.31. The van der Waals surface area contributed by atoms with E-state index in [1.165, 1.54) is 11.8 Å². The van der Waals surface area contributed by atoms with Crippen LogP contribution < -0.4 is 33.2 Å². The summed E-state index contributed by atoms with van der Waals surface area (Å²) in [6, 6.07) is -5.25. The van der Waals surface area contributed by atoms with Gasteiger partial charge in [-0.05, 0) is 37.7 Å². The summed E-state index contributed by atoms with van der Waals surface area (Å²) in [6.07, 6.45) is 0.157. The van der Waals surface area contributed by atoms with Crippen LogP contribution in [-0.4, -0.2) is 87.9 Å². The molecule has 0 spiro atoms. The Kier molecular flexibility index (Phi) is 15.5. The molecule has 0 aliphatic heterocycles. The summed E-state index contributed by atoms with van der Waals surface area (Å²) in [5, 5.41) is 25.3. The van der Waals surface area contributed by atoms with E-state index in [1.54, 1.807) is 6.26 Å². The second kappa shape index (κ2) is 17.1. The Labute approximate surface area is 211 Å². The first-order chi connectivity index (χ1) is 16.8. The molecule has 36 heavy (non-hydrogen) atoms. The van der Waals surface area contributed by atoms with Crippen molar-refractivity contribution in [3.8, 4) is 0 Å². The number of thioether (sulfide) groups is 1. The van der Waals surface area contributed by atoms with Crippen molar-refractivity contribution in [3.63, 3.8) is 0 Å². The van der Waals surface area contributed by atoms with Crippen molar-refractivity contribution in [2.75, 3.05) is 12.0 Å². The number of nitrogens with two attached hydrogens (primary N) is 3. The van der Waals surface area contributed by atoms with Gasteiger partial charge in [0.2, 0.25) is 29.5 Å². The van der Waals surface area contributed by atoms with Gasteiger partial charge in [-0.15, -0.1) is 0 Å². The predicted molar refractivity (Wildman–Crippen MR) is 128 cm³/mol. The van der Waals surface area contributed by atoms with Gasteiger partial charge in [0.05, 0.1) is 6.04 Å². The Hall–Kier alpha value is -3.40.